The molecule has 2 rings (SSSR count). The molecule has 0 amide bonds. The fourth-order valence-corrected chi connectivity index (χ4v) is 1.87. The van der Waals surface area contributed by atoms with E-state index in [0.29, 0.717) is 0 Å². The Labute approximate surface area is 107 Å². The summed E-state index contributed by atoms with van der Waals surface area (Å²) in [5.74, 6) is 0.843. The van der Waals surface area contributed by atoms with Gasteiger partial charge < -0.3 is 11.1 Å². The molecule has 0 aliphatic heterocycles. The maximum atomic E-state index is 5.80. The van der Waals surface area contributed by atoms with Gasteiger partial charge in [0, 0.05) is 30.1 Å². The van der Waals surface area contributed by atoms with Crippen molar-refractivity contribution in [1.82, 2.24) is 4.98 Å². The number of aromatic nitrogens is 1. The molecule has 0 saturated carbocycles. The molecule has 2 aromatic rings. The van der Waals surface area contributed by atoms with E-state index in [9.17, 15) is 0 Å². The van der Waals surface area contributed by atoms with Gasteiger partial charge in [0.15, 0.2) is 0 Å². The van der Waals surface area contributed by atoms with E-state index in [4.69, 9.17) is 5.73 Å². The van der Waals surface area contributed by atoms with Crippen molar-refractivity contribution in [2.24, 2.45) is 0 Å². The quantitative estimate of drug-likeness (QED) is 0.807. The van der Waals surface area contributed by atoms with Crippen molar-refractivity contribution in [2.45, 2.75) is 6.92 Å². The number of nitrogens with one attached hydrogen (secondary N) is 1. The van der Waals surface area contributed by atoms with E-state index in [1.54, 1.807) is 0 Å². The number of pyridine rings is 1. The van der Waals surface area contributed by atoms with Gasteiger partial charge in [0.25, 0.3) is 0 Å². The predicted molar refractivity (Wildman–Crippen MR) is 78.3 cm³/mol. The molecule has 3 N–H and O–H groups in total. The molecule has 1 aromatic heterocycles. The Morgan fingerprint density at radius 2 is 2.06 bits per heavy atom. The Morgan fingerprint density at radius 3 is 2.67 bits per heavy atom. The molecule has 3 heteroatoms. The van der Waals surface area contributed by atoms with Crippen LogP contribution in [0.2, 0.25) is 0 Å². The van der Waals surface area contributed by atoms with Crippen molar-refractivity contribution >= 4 is 17.1 Å². The average molecular weight is 239 g/mol. The highest BCUT2D eigenvalue weighted by molar-refractivity contribution is 5.77. The number of nitrogens with zero attached hydrogens (tertiary/aromatic N) is 1. The molecule has 0 spiro atoms. The molecule has 3 nitrogen and oxygen atoms in total. The number of allylic oxidation sites excluding steroid dienone is 1. The normalized spacial score (nSPS) is 10.1. The van der Waals surface area contributed by atoms with E-state index < -0.39 is 0 Å². The van der Waals surface area contributed by atoms with Crippen LogP contribution in [0.5, 0.6) is 0 Å². The summed E-state index contributed by atoms with van der Waals surface area (Å²) < 4.78 is 0. The zero-order chi connectivity index (χ0) is 13.1. The Balaban J connectivity index is 2.53. The van der Waals surface area contributed by atoms with Gasteiger partial charge in [-0.05, 0) is 36.3 Å². The zero-order valence-electron chi connectivity index (χ0n) is 10.7. The lowest BCUT2D eigenvalue weighted by molar-refractivity contribution is 1.27. The van der Waals surface area contributed by atoms with Crippen molar-refractivity contribution in [2.75, 3.05) is 18.1 Å². The summed E-state index contributed by atoms with van der Waals surface area (Å²) in [5.41, 5.74) is 10.7. The van der Waals surface area contributed by atoms with Crippen molar-refractivity contribution in [3.8, 4) is 11.1 Å². The molecule has 1 aromatic carbocycles. The fourth-order valence-electron chi connectivity index (χ4n) is 1.87. The first-order chi connectivity index (χ1) is 8.61. The van der Waals surface area contributed by atoms with Crippen molar-refractivity contribution < 1.29 is 0 Å². The average Bonchev–Trinajstić information content (AvgIpc) is 2.38. The number of benzene rings is 1. The van der Waals surface area contributed by atoms with Crippen molar-refractivity contribution in [1.29, 1.82) is 0 Å². The summed E-state index contributed by atoms with van der Waals surface area (Å²) in [4.78, 5) is 4.41. The minimum absolute atomic E-state index is 0.752. The van der Waals surface area contributed by atoms with Gasteiger partial charge >= 0.3 is 0 Å². The second-order valence-electron chi connectivity index (χ2n) is 4.28. The van der Waals surface area contributed by atoms with Crippen LogP contribution in [-0.2, 0) is 0 Å². The first-order valence-corrected chi connectivity index (χ1v) is 5.81. The molecule has 0 atom stereocenters. The molecule has 1 heterocycles. The molecule has 92 valence electrons. The van der Waals surface area contributed by atoms with Crippen LogP contribution in [0.3, 0.4) is 0 Å². The summed E-state index contributed by atoms with van der Waals surface area (Å²) in [5, 5.41) is 3.07. The van der Waals surface area contributed by atoms with Crippen LogP contribution in [0.15, 0.2) is 43.1 Å². The standard InChI is InChI=1S/C15H17N3/c1-10(2)14-8-12(9-18-15(14)17-3)11-5-4-6-13(16)7-11/h4-9H,1,16H2,2-3H3,(H,17,18). The molecular weight excluding hydrogens is 222 g/mol. The van der Waals surface area contributed by atoms with E-state index in [0.717, 1.165) is 33.8 Å². The molecule has 18 heavy (non-hydrogen) atoms. The lowest BCUT2D eigenvalue weighted by Gasteiger charge is -2.10. The molecule has 0 aliphatic carbocycles. The largest absolute Gasteiger partial charge is 0.399 e. The van der Waals surface area contributed by atoms with Gasteiger partial charge in [0.05, 0.1) is 0 Å². The van der Waals surface area contributed by atoms with E-state index in [-0.39, 0.29) is 0 Å². The predicted octanol–water partition coefficient (Wildman–Crippen LogP) is 3.41. The topological polar surface area (TPSA) is 50.9 Å². The highest BCUT2D eigenvalue weighted by Crippen LogP contribution is 2.27. The zero-order valence-corrected chi connectivity index (χ0v) is 10.7. The van der Waals surface area contributed by atoms with Gasteiger partial charge in [0.2, 0.25) is 0 Å². The van der Waals surface area contributed by atoms with Crippen molar-refractivity contribution in [3.05, 3.63) is 48.7 Å². The van der Waals surface area contributed by atoms with Crippen LogP contribution in [0.1, 0.15) is 12.5 Å². The van der Waals surface area contributed by atoms with Crippen LogP contribution in [0, 0.1) is 0 Å². The molecule has 0 unspecified atom stereocenters. The number of hydrogen-bond donors (Lipinski definition) is 2. The molecule has 0 fully saturated rings. The van der Waals surface area contributed by atoms with Gasteiger partial charge in [-0.3, -0.25) is 0 Å². The van der Waals surface area contributed by atoms with Gasteiger partial charge in [-0.2, -0.15) is 0 Å². The number of anilines is 2. The first-order valence-electron chi connectivity index (χ1n) is 5.81. The van der Waals surface area contributed by atoms with Crippen LogP contribution < -0.4 is 11.1 Å². The highest BCUT2D eigenvalue weighted by atomic mass is 15.0. The van der Waals surface area contributed by atoms with E-state index in [1.165, 1.54) is 0 Å². The van der Waals surface area contributed by atoms with Gasteiger partial charge in [-0.15, -0.1) is 0 Å². The summed E-state index contributed by atoms with van der Waals surface area (Å²) >= 11 is 0. The third-order valence-electron chi connectivity index (χ3n) is 2.80. The maximum Gasteiger partial charge on any atom is 0.133 e. The highest BCUT2D eigenvalue weighted by Gasteiger charge is 2.06. The van der Waals surface area contributed by atoms with Gasteiger partial charge in [-0.1, -0.05) is 18.7 Å². The molecule has 0 aliphatic rings. The minimum atomic E-state index is 0.752. The SMILES string of the molecule is C=C(C)c1cc(-c2cccc(N)c2)cnc1NC. The smallest absolute Gasteiger partial charge is 0.133 e. The minimum Gasteiger partial charge on any atom is -0.399 e. The van der Waals surface area contributed by atoms with Crippen LogP contribution in [0.25, 0.3) is 16.7 Å². The fraction of sp³-hybridized carbons (Fsp3) is 0.133. The Bertz CT molecular complexity index is 588. The second-order valence-corrected chi connectivity index (χ2v) is 4.28. The monoisotopic (exact) mass is 239 g/mol. The number of hydrogen-bond acceptors (Lipinski definition) is 3. The Kier molecular flexibility index (Phi) is 3.33. The first kappa shape index (κ1) is 12.2. The summed E-state index contributed by atoms with van der Waals surface area (Å²) in [6.45, 7) is 5.95. The lowest BCUT2D eigenvalue weighted by Crippen LogP contribution is -1.97. The summed E-state index contributed by atoms with van der Waals surface area (Å²) in [6.07, 6.45) is 1.84. The lowest BCUT2D eigenvalue weighted by atomic mass is 10.0. The molecule has 0 bridgehead atoms. The van der Waals surface area contributed by atoms with Gasteiger partial charge in [-0.25, -0.2) is 4.98 Å². The third-order valence-corrected chi connectivity index (χ3v) is 2.80. The van der Waals surface area contributed by atoms with E-state index >= 15 is 0 Å². The third kappa shape index (κ3) is 2.35. The van der Waals surface area contributed by atoms with E-state index in [1.807, 2.05) is 44.4 Å². The number of rotatable bonds is 3. The Hall–Kier alpha value is -2.29. The molecular formula is C15H17N3. The number of nitrogens with two attached hydrogens (primary N) is 1. The van der Waals surface area contributed by atoms with Crippen LogP contribution >= 0.6 is 0 Å². The molecule has 0 radical (unpaired) electrons. The number of nitrogen functional groups attached to an aromatic ring is 1. The maximum absolute atomic E-state index is 5.80. The van der Waals surface area contributed by atoms with Gasteiger partial charge in [0.1, 0.15) is 5.82 Å². The van der Waals surface area contributed by atoms with E-state index in [2.05, 4.69) is 22.9 Å². The molecule has 0 saturated heterocycles. The summed E-state index contributed by atoms with van der Waals surface area (Å²) in [7, 11) is 1.86. The van der Waals surface area contributed by atoms with Crippen LogP contribution in [-0.4, -0.2) is 12.0 Å². The van der Waals surface area contributed by atoms with Crippen LogP contribution in [0.4, 0.5) is 11.5 Å². The summed E-state index contributed by atoms with van der Waals surface area (Å²) in [6, 6.07) is 9.86. The Morgan fingerprint density at radius 1 is 1.28 bits per heavy atom. The second kappa shape index (κ2) is 4.92. The van der Waals surface area contributed by atoms with Crippen molar-refractivity contribution in [3.63, 3.8) is 0 Å².